The van der Waals surface area contributed by atoms with Crippen molar-refractivity contribution >= 4 is 16.8 Å². The average Bonchev–Trinajstić information content (AvgIpc) is 3.15. The van der Waals surface area contributed by atoms with E-state index in [0.717, 1.165) is 22.5 Å². The van der Waals surface area contributed by atoms with Crippen molar-refractivity contribution in [2.75, 3.05) is 7.11 Å². The van der Waals surface area contributed by atoms with Crippen molar-refractivity contribution in [3.8, 4) is 5.75 Å². The molecule has 0 spiro atoms. The van der Waals surface area contributed by atoms with Gasteiger partial charge in [-0.15, -0.1) is 0 Å². The lowest BCUT2D eigenvalue weighted by Crippen LogP contribution is -2.11. The van der Waals surface area contributed by atoms with Gasteiger partial charge in [0.1, 0.15) is 5.75 Å². The van der Waals surface area contributed by atoms with Crippen LogP contribution in [0.3, 0.4) is 0 Å². The maximum atomic E-state index is 12.8. The van der Waals surface area contributed by atoms with E-state index in [1.54, 1.807) is 37.6 Å². The number of para-hydroxylation sites is 2. The Hall–Kier alpha value is -3.47. The molecule has 128 valence electrons. The highest BCUT2D eigenvalue weighted by atomic mass is 16.5. The van der Waals surface area contributed by atoms with Crippen LogP contribution in [0.25, 0.3) is 11.0 Å². The number of carbonyl (C=O) groups is 1. The van der Waals surface area contributed by atoms with Crippen molar-refractivity contribution in [3.63, 3.8) is 0 Å². The van der Waals surface area contributed by atoms with Crippen LogP contribution in [-0.4, -0.2) is 27.4 Å². The number of aromatic nitrogens is 3. The number of methoxy groups -OCH3 is 1. The Bertz CT molecular complexity index is 1070. The molecule has 0 fully saturated rings. The Balaban J connectivity index is 1.62. The third-order valence-corrected chi connectivity index (χ3v) is 4.25. The first-order chi connectivity index (χ1) is 12.7. The number of ether oxygens (including phenoxy) is 1. The fourth-order valence-corrected chi connectivity index (χ4v) is 2.89. The summed E-state index contributed by atoms with van der Waals surface area (Å²) >= 11 is 0. The normalized spacial score (nSPS) is 10.8. The van der Waals surface area contributed by atoms with E-state index >= 15 is 0 Å². The van der Waals surface area contributed by atoms with E-state index in [9.17, 15) is 4.79 Å². The molecule has 2 aromatic carbocycles. The summed E-state index contributed by atoms with van der Waals surface area (Å²) in [5.74, 6) is 0.690. The van der Waals surface area contributed by atoms with Gasteiger partial charge in [0.15, 0.2) is 0 Å². The van der Waals surface area contributed by atoms with Gasteiger partial charge in [0.05, 0.1) is 42.3 Å². The SMILES string of the molecule is COc1ccc(C(=O)c2cccn2Cc2cnc3ccccc3n2)cc1. The molecule has 0 aliphatic carbocycles. The molecule has 2 heterocycles. The minimum absolute atomic E-state index is 0.0357. The van der Waals surface area contributed by atoms with Crippen molar-refractivity contribution in [1.82, 2.24) is 14.5 Å². The number of fused-ring (bicyclic) bond motifs is 1. The summed E-state index contributed by atoms with van der Waals surface area (Å²) in [6.45, 7) is 0.488. The molecule has 5 nitrogen and oxygen atoms in total. The van der Waals surface area contributed by atoms with Gasteiger partial charge in [0.25, 0.3) is 0 Å². The quantitative estimate of drug-likeness (QED) is 0.518. The van der Waals surface area contributed by atoms with Crippen molar-refractivity contribution < 1.29 is 9.53 Å². The molecule has 4 aromatic rings. The lowest BCUT2D eigenvalue weighted by molar-refractivity contribution is 0.103. The van der Waals surface area contributed by atoms with Crippen molar-refractivity contribution in [3.05, 3.63) is 90.0 Å². The van der Waals surface area contributed by atoms with Crippen LogP contribution in [0.2, 0.25) is 0 Å². The zero-order valence-corrected chi connectivity index (χ0v) is 14.3. The fraction of sp³-hybridized carbons (Fsp3) is 0.0952. The van der Waals surface area contributed by atoms with Gasteiger partial charge in [-0.05, 0) is 48.5 Å². The maximum absolute atomic E-state index is 12.8. The van der Waals surface area contributed by atoms with Gasteiger partial charge in [-0.2, -0.15) is 0 Å². The number of nitrogens with zero attached hydrogens (tertiary/aromatic N) is 3. The summed E-state index contributed by atoms with van der Waals surface area (Å²) in [5.41, 5.74) is 3.75. The number of benzene rings is 2. The third kappa shape index (κ3) is 3.07. The Kier molecular flexibility index (Phi) is 4.19. The van der Waals surface area contributed by atoms with Crippen molar-refractivity contribution in [2.24, 2.45) is 0 Å². The standard InChI is InChI=1S/C21H17N3O2/c1-26-17-10-8-15(9-11-17)21(25)20-7-4-12-24(20)14-16-13-22-18-5-2-3-6-19(18)23-16/h2-13H,14H2,1H3. The highest BCUT2D eigenvalue weighted by molar-refractivity contribution is 6.08. The molecule has 0 saturated heterocycles. The van der Waals surface area contributed by atoms with E-state index in [1.165, 1.54) is 0 Å². The lowest BCUT2D eigenvalue weighted by atomic mass is 10.1. The smallest absolute Gasteiger partial charge is 0.209 e. The second kappa shape index (κ2) is 6.80. The molecule has 0 radical (unpaired) electrons. The Labute approximate surface area is 150 Å². The molecule has 0 N–H and O–H groups in total. The van der Waals surface area contributed by atoms with Crippen LogP contribution in [0.4, 0.5) is 0 Å². The van der Waals surface area contributed by atoms with Crippen LogP contribution in [-0.2, 0) is 6.54 Å². The monoisotopic (exact) mass is 343 g/mol. The molecule has 0 amide bonds. The van der Waals surface area contributed by atoms with E-state index in [1.807, 2.05) is 47.2 Å². The largest absolute Gasteiger partial charge is 0.497 e. The zero-order valence-electron chi connectivity index (χ0n) is 14.3. The first kappa shape index (κ1) is 16.0. The lowest BCUT2D eigenvalue weighted by Gasteiger charge is -2.09. The summed E-state index contributed by atoms with van der Waals surface area (Å²) in [7, 11) is 1.60. The van der Waals surface area contributed by atoms with E-state index < -0.39 is 0 Å². The molecule has 0 atom stereocenters. The predicted octanol–water partition coefficient (Wildman–Crippen LogP) is 3.72. The average molecular weight is 343 g/mol. The van der Waals surface area contributed by atoms with Crippen LogP contribution in [0, 0.1) is 0 Å². The van der Waals surface area contributed by atoms with Gasteiger partial charge >= 0.3 is 0 Å². The van der Waals surface area contributed by atoms with Crippen LogP contribution in [0.15, 0.2) is 73.1 Å². The highest BCUT2D eigenvalue weighted by Gasteiger charge is 2.14. The van der Waals surface area contributed by atoms with E-state index in [0.29, 0.717) is 17.8 Å². The molecule has 0 aliphatic rings. The van der Waals surface area contributed by atoms with Crippen LogP contribution < -0.4 is 4.74 Å². The minimum Gasteiger partial charge on any atom is -0.497 e. The van der Waals surface area contributed by atoms with Gasteiger partial charge in [-0.1, -0.05) is 12.1 Å². The molecule has 0 bridgehead atoms. The van der Waals surface area contributed by atoms with E-state index in [2.05, 4.69) is 9.97 Å². The molecule has 26 heavy (non-hydrogen) atoms. The number of carbonyl (C=O) groups excluding carboxylic acids is 1. The second-order valence-electron chi connectivity index (χ2n) is 5.93. The summed E-state index contributed by atoms with van der Waals surface area (Å²) in [4.78, 5) is 21.9. The number of hydrogen-bond acceptors (Lipinski definition) is 4. The van der Waals surface area contributed by atoms with Gasteiger partial charge in [0.2, 0.25) is 5.78 Å². The van der Waals surface area contributed by atoms with Gasteiger partial charge < -0.3 is 9.30 Å². The van der Waals surface area contributed by atoms with Crippen molar-refractivity contribution in [1.29, 1.82) is 0 Å². The number of ketones is 1. The van der Waals surface area contributed by atoms with E-state index in [4.69, 9.17) is 4.74 Å². The molecule has 0 saturated carbocycles. The molecule has 0 aliphatic heterocycles. The summed E-state index contributed by atoms with van der Waals surface area (Å²) in [5, 5.41) is 0. The zero-order chi connectivity index (χ0) is 17.9. The molecule has 4 rings (SSSR count). The van der Waals surface area contributed by atoms with Gasteiger partial charge in [-0.3, -0.25) is 9.78 Å². The van der Waals surface area contributed by atoms with Gasteiger partial charge in [0, 0.05) is 11.8 Å². The second-order valence-corrected chi connectivity index (χ2v) is 5.93. The van der Waals surface area contributed by atoms with Crippen LogP contribution in [0.1, 0.15) is 21.7 Å². The molecule has 2 aromatic heterocycles. The van der Waals surface area contributed by atoms with Gasteiger partial charge in [-0.25, -0.2) is 4.98 Å². The predicted molar refractivity (Wildman–Crippen MR) is 99.5 cm³/mol. The van der Waals surface area contributed by atoms with E-state index in [-0.39, 0.29) is 5.78 Å². The Morgan fingerprint density at radius 2 is 1.77 bits per heavy atom. The molecular formula is C21H17N3O2. The third-order valence-electron chi connectivity index (χ3n) is 4.25. The molecular weight excluding hydrogens is 326 g/mol. The number of hydrogen-bond donors (Lipinski definition) is 0. The maximum Gasteiger partial charge on any atom is 0.209 e. The molecule has 0 unspecified atom stereocenters. The van der Waals surface area contributed by atoms with Crippen LogP contribution >= 0.6 is 0 Å². The highest BCUT2D eigenvalue weighted by Crippen LogP contribution is 2.17. The fourth-order valence-electron chi connectivity index (χ4n) is 2.89. The van der Waals surface area contributed by atoms with Crippen molar-refractivity contribution in [2.45, 2.75) is 6.54 Å². The molecule has 5 heteroatoms. The topological polar surface area (TPSA) is 57.0 Å². The van der Waals surface area contributed by atoms with Crippen LogP contribution in [0.5, 0.6) is 5.75 Å². The summed E-state index contributed by atoms with van der Waals surface area (Å²) in [6, 6.07) is 18.5. The Morgan fingerprint density at radius 1 is 1.00 bits per heavy atom. The first-order valence-electron chi connectivity index (χ1n) is 8.29. The minimum atomic E-state index is -0.0357. The summed E-state index contributed by atoms with van der Waals surface area (Å²) < 4.78 is 7.04. The summed E-state index contributed by atoms with van der Waals surface area (Å²) in [6.07, 6.45) is 3.64. The first-order valence-corrected chi connectivity index (χ1v) is 8.29. The number of rotatable bonds is 5. The Morgan fingerprint density at radius 3 is 2.54 bits per heavy atom.